The van der Waals surface area contributed by atoms with Gasteiger partial charge in [0.2, 0.25) is 5.91 Å². The van der Waals surface area contributed by atoms with E-state index < -0.39 is 11.4 Å². The molecule has 1 N–H and O–H groups in total. The van der Waals surface area contributed by atoms with Gasteiger partial charge in [0.25, 0.3) is 0 Å². The predicted octanol–water partition coefficient (Wildman–Crippen LogP) is 6.05. The monoisotopic (exact) mass is 437 g/mol. The lowest BCUT2D eigenvalue weighted by Gasteiger charge is -2.36. The molecule has 32 heavy (non-hydrogen) atoms. The van der Waals surface area contributed by atoms with Crippen molar-refractivity contribution in [2.45, 2.75) is 65.2 Å². The number of carbonyl (C=O) groups excluding carboxylic acids is 2. The summed E-state index contributed by atoms with van der Waals surface area (Å²) in [6, 6.07) is 13.5. The summed E-state index contributed by atoms with van der Waals surface area (Å²) in [7, 11) is 0. The van der Waals surface area contributed by atoms with Crippen LogP contribution in [0.1, 0.15) is 74.4 Å². The number of rotatable bonds is 8. The number of benzene rings is 2. The molecule has 0 radical (unpaired) electrons. The van der Waals surface area contributed by atoms with Gasteiger partial charge in [-0.3, -0.25) is 4.79 Å². The fourth-order valence-electron chi connectivity index (χ4n) is 4.35. The average molecular weight is 438 g/mol. The van der Waals surface area contributed by atoms with E-state index in [2.05, 4.69) is 30.4 Å². The van der Waals surface area contributed by atoms with Crippen LogP contribution in [0.4, 0.5) is 5.69 Å². The highest BCUT2D eigenvalue weighted by molar-refractivity contribution is 6.01. The van der Waals surface area contributed by atoms with Gasteiger partial charge in [0, 0.05) is 5.69 Å². The quantitative estimate of drug-likeness (QED) is 0.511. The number of amides is 1. The lowest BCUT2D eigenvalue weighted by molar-refractivity contribution is -0.122. The Hall–Kier alpha value is -2.82. The van der Waals surface area contributed by atoms with Crippen molar-refractivity contribution >= 4 is 17.6 Å². The molecule has 172 valence electrons. The maximum Gasteiger partial charge on any atom is 0.341 e. The summed E-state index contributed by atoms with van der Waals surface area (Å²) in [5.41, 5.74) is 2.57. The molecule has 3 rings (SSSR count). The molecule has 5 nitrogen and oxygen atoms in total. The summed E-state index contributed by atoms with van der Waals surface area (Å²) in [5, 5.41) is 3.10. The van der Waals surface area contributed by atoms with Gasteiger partial charge < -0.3 is 14.8 Å². The van der Waals surface area contributed by atoms with Gasteiger partial charge in [-0.05, 0) is 56.4 Å². The zero-order valence-electron chi connectivity index (χ0n) is 19.7. The van der Waals surface area contributed by atoms with Crippen LogP contribution in [0.5, 0.6) is 5.75 Å². The van der Waals surface area contributed by atoms with Gasteiger partial charge in [-0.1, -0.05) is 62.9 Å². The molecule has 0 aromatic heterocycles. The van der Waals surface area contributed by atoms with E-state index in [9.17, 15) is 9.59 Å². The van der Waals surface area contributed by atoms with Crippen molar-refractivity contribution in [3.05, 3.63) is 59.2 Å². The second-order valence-electron chi connectivity index (χ2n) is 9.10. The van der Waals surface area contributed by atoms with Gasteiger partial charge in [-0.2, -0.15) is 0 Å². The van der Waals surface area contributed by atoms with Crippen LogP contribution in [-0.4, -0.2) is 25.1 Å². The number of esters is 1. The van der Waals surface area contributed by atoms with E-state index in [-0.39, 0.29) is 12.5 Å². The van der Waals surface area contributed by atoms with Crippen molar-refractivity contribution in [3.63, 3.8) is 0 Å². The van der Waals surface area contributed by atoms with Crippen molar-refractivity contribution < 1.29 is 19.1 Å². The molecule has 0 aliphatic heterocycles. The van der Waals surface area contributed by atoms with Gasteiger partial charge in [0.15, 0.2) is 0 Å². The standard InChI is InChI=1S/C27H35NO4/c1-5-31-25(29)23-17-22(12-13-24(23)32-18-19(2)3)28-26(30)27(14-7-6-8-15-27)21-11-9-10-20(4)16-21/h9-13,16-17,19H,5-8,14-15,18H2,1-4H3,(H,28,30). The number of carbonyl (C=O) groups is 2. The van der Waals surface area contributed by atoms with Crippen molar-refractivity contribution in [2.75, 3.05) is 18.5 Å². The summed E-state index contributed by atoms with van der Waals surface area (Å²) in [6.45, 7) is 8.69. The Morgan fingerprint density at radius 3 is 2.47 bits per heavy atom. The fraction of sp³-hybridized carbons (Fsp3) is 0.481. The number of hydrogen-bond donors (Lipinski definition) is 1. The Kier molecular flexibility index (Phi) is 7.94. The number of nitrogens with one attached hydrogen (secondary N) is 1. The third-order valence-electron chi connectivity index (χ3n) is 6.02. The normalized spacial score (nSPS) is 15.3. The highest BCUT2D eigenvalue weighted by Crippen LogP contribution is 2.41. The first-order valence-electron chi connectivity index (χ1n) is 11.7. The van der Waals surface area contributed by atoms with Crippen LogP contribution in [0.15, 0.2) is 42.5 Å². The van der Waals surface area contributed by atoms with Crippen LogP contribution in [0.3, 0.4) is 0 Å². The largest absolute Gasteiger partial charge is 0.492 e. The molecule has 1 fully saturated rings. The molecule has 0 unspecified atom stereocenters. The first-order chi connectivity index (χ1) is 15.4. The summed E-state index contributed by atoms with van der Waals surface area (Å²) in [5.74, 6) is 0.327. The highest BCUT2D eigenvalue weighted by atomic mass is 16.5. The van der Waals surface area contributed by atoms with E-state index in [1.165, 1.54) is 0 Å². The minimum Gasteiger partial charge on any atom is -0.492 e. The van der Waals surface area contributed by atoms with Gasteiger partial charge in [-0.25, -0.2) is 4.79 Å². The van der Waals surface area contributed by atoms with Crippen LogP contribution in [0.25, 0.3) is 0 Å². The average Bonchev–Trinajstić information content (AvgIpc) is 2.78. The summed E-state index contributed by atoms with van der Waals surface area (Å²) in [4.78, 5) is 26.2. The summed E-state index contributed by atoms with van der Waals surface area (Å²) in [6.07, 6.45) is 4.84. The van der Waals surface area contributed by atoms with Gasteiger partial charge in [0.1, 0.15) is 11.3 Å². The highest BCUT2D eigenvalue weighted by Gasteiger charge is 2.41. The molecule has 0 saturated heterocycles. The molecule has 5 heteroatoms. The Morgan fingerprint density at radius 2 is 1.81 bits per heavy atom. The third kappa shape index (κ3) is 5.50. The number of hydrogen-bond acceptors (Lipinski definition) is 4. The summed E-state index contributed by atoms with van der Waals surface area (Å²) < 4.78 is 11.1. The molecule has 1 saturated carbocycles. The fourth-order valence-corrected chi connectivity index (χ4v) is 4.35. The minimum absolute atomic E-state index is 0.0199. The zero-order valence-corrected chi connectivity index (χ0v) is 19.7. The van der Waals surface area contributed by atoms with E-state index >= 15 is 0 Å². The maximum absolute atomic E-state index is 13.6. The second-order valence-corrected chi connectivity index (χ2v) is 9.10. The minimum atomic E-state index is -0.554. The van der Waals surface area contributed by atoms with E-state index in [0.717, 1.165) is 43.2 Å². The SMILES string of the molecule is CCOC(=O)c1cc(NC(=O)C2(c3cccc(C)c3)CCCCC2)ccc1OCC(C)C. The first-order valence-corrected chi connectivity index (χ1v) is 11.7. The molecule has 0 heterocycles. The first kappa shape index (κ1) is 23.8. The molecule has 1 amide bonds. The molecule has 2 aromatic carbocycles. The van der Waals surface area contributed by atoms with Crippen LogP contribution in [0.2, 0.25) is 0 Å². The maximum atomic E-state index is 13.6. The zero-order chi connectivity index (χ0) is 23.1. The molecular formula is C27H35NO4. The lowest BCUT2D eigenvalue weighted by Crippen LogP contribution is -2.42. The van der Waals surface area contributed by atoms with E-state index in [1.54, 1.807) is 25.1 Å². The lowest BCUT2D eigenvalue weighted by atomic mass is 9.68. The third-order valence-corrected chi connectivity index (χ3v) is 6.02. The molecule has 2 aromatic rings. The number of aryl methyl sites for hydroxylation is 1. The molecule has 0 bridgehead atoms. The predicted molar refractivity (Wildman–Crippen MR) is 127 cm³/mol. The van der Waals surface area contributed by atoms with E-state index in [0.29, 0.717) is 29.5 Å². The Balaban J connectivity index is 1.90. The number of anilines is 1. The van der Waals surface area contributed by atoms with Crippen LogP contribution in [0, 0.1) is 12.8 Å². The Bertz CT molecular complexity index is 944. The Morgan fingerprint density at radius 1 is 1.06 bits per heavy atom. The van der Waals surface area contributed by atoms with Crippen LogP contribution in [-0.2, 0) is 14.9 Å². The molecule has 0 spiro atoms. The Labute approximate surface area is 191 Å². The summed E-state index contributed by atoms with van der Waals surface area (Å²) >= 11 is 0. The molecule has 1 aliphatic carbocycles. The smallest absolute Gasteiger partial charge is 0.341 e. The van der Waals surface area contributed by atoms with Crippen molar-refractivity contribution in [3.8, 4) is 5.75 Å². The van der Waals surface area contributed by atoms with Crippen LogP contribution >= 0.6 is 0 Å². The van der Waals surface area contributed by atoms with Gasteiger partial charge in [0.05, 0.1) is 18.6 Å². The molecule has 1 aliphatic rings. The van der Waals surface area contributed by atoms with E-state index in [4.69, 9.17) is 9.47 Å². The van der Waals surface area contributed by atoms with Crippen molar-refractivity contribution in [1.82, 2.24) is 0 Å². The number of ether oxygens (including phenoxy) is 2. The van der Waals surface area contributed by atoms with Crippen LogP contribution < -0.4 is 10.1 Å². The van der Waals surface area contributed by atoms with Gasteiger partial charge in [-0.15, -0.1) is 0 Å². The topological polar surface area (TPSA) is 64.6 Å². The van der Waals surface area contributed by atoms with Crippen molar-refractivity contribution in [1.29, 1.82) is 0 Å². The van der Waals surface area contributed by atoms with Gasteiger partial charge >= 0.3 is 5.97 Å². The molecular weight excluding hydrogens is 402 g/mol. The molecule has 0 atom stereocenters. The second kappa shape index (κ2) is 10.7. The van der Waals surface area contributed by atoms with Crippen molar-refractivity contribution in [2.24, 2.45) is 5.92 Å². The van der Waals surface area contributed by atoms with E-state index in [1.807, 2.05) is 19.9 Å².